The minimum atomic E-state index is -0.0756. The van der Waals surface area contributed by atoms with Crippen LogP contribution in [-0.4, -0.2) is 28.8 Å². The van der Waals surface area contributed by atoms with Gasteiger partial charge in [-0.05, 0) is 24.6 Å². The summed E-state index contributed by atoms with van der Waals surface area (Å²) in [6, 6.07) is 5.43. The Hall–Kier alpha value is -1.56. The summed E-state index contributed by atoms with van der Waals surface area (Å²) in [5.41, 5.74) is 2.47. The average molecular weight is 325 g/mol. The Bertz CT molecular complexity index is 613. The van der Waals surface area contributed by atoms with Gasteiger partial charge < -0.3 is 14.6 Å². The first-order valence-electron chi connectivity index (χ1n) is 7.28. The van der Waals surface area contributed by atoms with Gasteiger partial charge in [0.15, 0.2) is 6.79 Å². The molecular weight excluding hydrogens is 304 g/mol. The van der Waals surface area contributed by atoms with E-state index in [9.17, 15) is 5.11 Å². The Morgan fingerprint density at radius 2 is 2.18 bits per heavy atom. The lowest BCUT2D eigenvalue weighted by molar-refractivity contribution is 0.0515. The Labute approximate surface area is 135 Å². The molecule has 1 aromatic heterocycles. The molecule has 1 aromatic carbocycles. The zero-order chi connectivity index (χ0) is 15.9. The molecule has 0 amide bonds. The fourth-order valence-corrected chi connectivity index (χ4v) is 2.42. The molecule has 1 N–H and O–H groups in total. The number of ether oxygens (including phenoxy) is 2. The van der Waals surface area contributed by atoms with Crippen molar-refractivity contribution < 1.29 is 14.6 Å². The molecule has 6 heteroatoms. The van der Waals surface area contributed by atoms with E-state index in [1.165, 1.54) is 0 Å². The summed E-state index contributed by atoms with van der Waals surface area (Å²) in [6.45, 7) is 2.97. The van der Waals surface area contributed by atoms with Crippen LogP contribution in [0, 0.1) is 0 Å². The molecule has 0 saturated carbocycles. The zero-order valence-corrected chi connectivity index (χ0v) is 13.6. The Balaban J connectivity index is 2.47. The van der Waals surface area contributed by atoms with E-state index in [-0.39, 0.29) is 13.4 Å². The molecule has 5 nitrogen and oxygen atoms in total. The number of aromatic nitrogens is 2. The highest BCUT2D eigenvalue weighted by atomic mass is 35.5. The molecule has 0 atom stereocenters. The zero-order valence-electron chi connectivity index (χ0n) is 12.9. The predicted octanol–water partition coefficient (Wildman–Crippen LogP) is 3.48. The van der Waals surface area contributed by atoms with Gasteiger partial charge in [0.25, 0.3) is 0 Å². The van der Waals surface area contributed by atoms with Crippen LogP contribution in [0.4, 0.5) is 0 Å². The summed E-state index contributed by atoms with van der Waals surface area (Å²) in [4.78, 5) is 0. The molecule has 0 aliphatic carbocycles. The monoisotopic (exact) mass is 324 g/mol. The van der Waals surface area contributed by atoms with Crippen LogP contribution in [0.1, 0.15) is 25.3 Å². The van der Waals surface area contributed by atoms with Crippen molar-refractivity contribution >= 4 is 11.6 Å². The first-order valence-corrected chi connectivity index (χ1v) is 7.66. The second kappa shape index (κ2) is 8.17. The Kier molecular flexibility index (Phi) is 6.24. The number of unbranched alkanes of at least 4 members (excludes halogenated alkanes) is 1. The smallest absolute Gasteiger partial charge is 0.188 e. The maximum atomic E-state index is 9.60. The van der Waals surface area contributed by atoms with E-state index in [4.69, 9.17) is 21.1 Å². The van der Waals surface area contributed by atoms with Crippen LogP contribution in [0.25, 0.3) is 11.3 Å². The number of halogens is 1. The predicted molar refractivity (Wildman–Crippen MR) is 86.0 cm³/mol. The van der Waals surface area contributed by atoms with Gasteiger partial charge in [0.05, 0.1) is 18.5 Å². The molecule has 0 aliphatic heterocycles. The molecule has 120 valence electrons. The molecule has 22 heavy (non-hydrogen) atoms. The van der Waals surface area contributed by atoms with Crippen molar-refractivity contribution in [1.29, 1.82) is 0 Å². The third kappa shape index (κ3) is 3.80. The molecular formula is C16H21ClN2O3. The van der Waals surface area contributed by atoms with Crippen molar-refractivity contribution in [2.45, 2.75) is 32.9 Å². The van der Waals surface area contributed by atoms with Gasteiger partial charge in [-0.25, -0.2) is 0 Å². The van der Waals surface area contributed by atoms with Gasteiger partial charge in [0, 0.05) is 29.8 Å². The van der Waals surface area contributed by atoms with E-state index in [1.807, 2.05) is 10.7 Å². The number of rotatable bonds is 8. The Morgan fingerprint density at radius 1 is 1.36 bits per heavy atom. The van der Waals surface area contributed by atoms with E-state index >= 15 is 0 Å². The largest absolute Gasteiger partial charge is 0.467 e. The number of nitrogens with zero attached hydrogens (tertiary/aromatic N) is 2. The van der Waals surface area contributed by atoms with Crippen LogP contribution < -0.4 is 4.74 Å². The molecule has 0 spiro atoms. The molecule has 0 unspecified atom stereocenters. The van der Waals surface area contributed by atoms with Gasteiger partial charge in [0.2, 0.25) is 0 Å². The quantitative estimate of drug-likeness (QED) is 0.755. The second-order valence-corrected chi connectivity index (χ2v) is 5.38. The van der Waals surface area contributed by atoms with Crippen molar-refractivity contribution in [3.63, 3.8) is 0 Å². The van der Waals surface area contributed by atoms with Gasteiger partial charge in [0.1, 0.15) is 5.75 Å². The molecule has 0 bridgehead atoms. The summed E-state index contributed by atoms with van der Waals surface area (Å²) in [6.07, 6.45) is 3.78. The number of hydrogen-bond acceptors (Lipinski definition) is 4. The molecule has 2 rings (SSSR count). The normalized spacial score (nSPS) is 10.9. The number of aryl methyl sites for hydroxylation is 1. The molecule has 0 aliphatic rings. The first-order chi connectivity index (χ1) is 10.7. The van der Waals surface area contributed by atoms with Crippen LogP contribution in [0.3, 0.4) is 0 Å². The van der Waals surface area contributed by atoms with Crippen molar-refractivity contribution in [3.8, 4) is 17.0 Å². The van der Waals surface area contributed by atoms with E-state index in [1.54, 1.807) is 25.4 Å². The molecule has 0 saturated heterocycles. The number of aliphatic hydroxyl groups excluding tert-OH is 1. The van der Waals surface area contributed by atoms with Crippen LogP contribution in [-0.2, 0) is 17.9 Å². The summed E-state index contributed by atoms with van der Waals surface area (Å²) in [5, 5.41) is 14.6. The van der Waals surface area contributed by atoms with Crippen LogP contribution in [0.5, 0.6) is 5.75 Å². The fourth-order valence-electron chi connectivity index (χ4n) is 2.26. The van der Waals surface area contributed by atoms with Gasteiger partial charge in [-0.2, -0.15) is 5.10 Å². The third-order valence-electron chi connectivity index (χ3n) is 3.34. The molecule has 2 aromatic rings. The van der Waals surface area contributed by atoms with Crippen molar-refractivity contribution in [2.75, 3.05) is 13.9 Å². The van der Waals surface area contributed by atoms with Gasteiger partial charge in [-0.1, -0.05) is 24.9 Å². The maximum Gasteiger partial charge on any atom is 0.188 e. The highest BCUT2D eigenvalue weighted by molar-refractivity contribution is 6.30. The van der Waals surface area contributed by atoms with E-state index < -0.39 is 0 Å². The summed E-state index contributed by atoms with van der Waals surface area (Å²) in [5.74, 6) is 0.613. The lowest BCUT2D eigenvalue weighted by atomic mass is 10.1. The first kappa shape index (κ1) is 16.8. The van der Waals surface area contributed by atoms with Crippen molar-refractivity contribution in [2.24, 2.45) is 0 Å². The molecule has 0 fully saturated rings. The minimum absolute atomic E-state index is 0.0756. The van der Waals surface area contributed by atoms with Gasteiger partial charge in [-0.3, -0.25) is 4.68 Å². The summed E-state index contributed by atoms with van der Waals surface area (Å²) < 4.78 is 12.5. The summed E-state index contributed by atoms with van der Waals surface area (Å²) in [7, 11) is 1.56. The van der Waals surface area contributed by atoms with Gasteiger partial charge >= 0.3 is 0 Å². The van der Waals surface area contributed by atoms with E-state index in [2.05, 4.69) is 12.0 Å². The van der Waals surface area contributed by atoms with Crippen LogP contribution in [0.15, 0.2) is 24.4 Å². The molecule has 1 heterocycles. The average Bonchev–Trinajstić information content (AvgIpc) is 2.93. The number of methoxy groups -OCH3 is 1. The minimum Gasteiger partial charge on any atom is -0.467 e. The lowest BCUT2D eigenvalue weighted by Crippen LogP contribution is -2.06. The van der Waals surface area contributed by atoms with Crippen LogP contribution >= 0.6 is 11.6 Å². The highest BCUT2D eigenvalue weighted by Gasteiger charge is 2.17. The molecule has 0 radical (unpaired) electrons. The van der Waals surface area contributed by atoms with Crippen molar-refractivity contribution in [3.05, 3.63) is 35.0 Å². The standard InChI is InChI=1S/C16H21ClN2O3/c1-3-4-7-19-16(12(10-20)9-18-19)14-6-5-13(17)8-15(14)22-11-21-2/h5-6,8-9,20H,3-4,7,10-11H2,1-2H3. The highest BCUT2D eigenvalue weighted by Crippen LogP contribution is 2.35. The summed E-state index contributed by atoms with van der Waals surface area (Å²) >= 11 is 6.06. The van der Waals surface area contributed by atoms with E-state index in [0.717, 1.165) is 36.2 Å². The van der Waals surface area contributed by atoms with Crippen LogP contribution in [0.2, 0.25) is 5.02 Å². The maximum absolute atomic E-state index is 9.60. The third-order valence-corrected chi connectivity index (χ3v) is 3.58. The number of aliphatic hydroxyl groups is 1. The fraction of sp³-hybridized carbons (Fsp3) is 0.438. The second-order valence-electron chi connectivity index (χ2n) is 4.94. The topological polar surface area (TPSA) is 56.5 Å². The van der Waals surface area contributed by atoms with E-state index in [0.29, 0.717) is 10.8 Å². The van der Waals surface area contributed by atoms with Crippen molar-refractivity contribution in [1.82, 2.24) is 9.78 Å². The SMILES string of the molecule is CCCCn1ncc(CO)c1-c1ccc(Cl)cc1OCOC. The lowest BCUT2D eigenvalue weighted by Gasteiger charge is -2.14. The van der Waals surface area contributed by atoms with Gasteiger partial charge in [-0.15, -0.1) is 0 Å². The number of hydrogen-bond donors (Lipinski definition) is 1. The number of benzene rings is 1. The Morgan fingerprint density at radius 3 is 2.86 bits per heavy atom.